The molecule has 0 saturated heterocycles. The summed E-state index contributed by atoms with van der Waals surface area (Å²) >= 11 is 0. The van der Waals surface area contributed by atoms with Crippen LogP contribution in [0.1, 0.15) is 58.1 Å². The van der Waals surface area contributed by atoms with Gasteiger partial charge in [0.25, 0.3) is 0 Å². The van der Waals surface area contributed by atoms with Gasteiger partial charge in [0.05, 0.1) is 0 Å². The SMILES string of the molecule is CCCNC(CCCC(C)C)c1ccc2ccccc2c1. The Morgan fingerprint density at radius 3 is 2.43 bits per heavy atom. The van der Waals surface area contributed by atoms with Gasteiger partial charge in [-0.1, -0.05) is 70.0 Å². The minimum absolute atomic E-state index is 0.494. The molecule has 2 aromatic rings. The van der Waals surface area contributed by atoms with Gasteiger partial charge >= 0.3 is 0 Å². The number of hydrogen-bond acceptors (Lipinski definition) is 1. The van der Waals surface area contributed by atoms with Gasteiger partial charge < -0.3 is 5.32 Å². The molecular weight excluding hydrogens is 254 g/mol. The van der Waals surface area contributed by atoms with Crippen LogP contribution in [-0.4, -0.2) is 6.54 Å². The van der Waals surface area contributed by atoms with Gasteiger partial charge in [-0.05, 0) is 47.7 Å². The zero-order valence-electron chi connectivity index (χ0n) is 13.7. The molecule has 0 fully saturated rings. The Bertz CT molecular complexity index is 544. The molecule has 0 aliphatic carbocycles. The maximum atomic E-state index is 3.72. The third kappa shape index (κ3) is 4.86. The fourth-order valence-electron chi connectivity index (χ4n) is 2.86. The maximum absolute atomic E-state index is 3.72. The maximum Gasteiger partial charge on any atom is 0.0320 e. The topological polar surface area (TPSA) is 12.0 Å². The Morgan fingerprint density at radius 1 is 0.952 bits per heavy atom. The lowest BCUT2D eigenvalue weighted by Gasteiger charge is -2.20. The molecule has 0 amide bonds. The van der Waals surface area contributed by atoms with Crippen LogP contribution in [0.15, 0.2) is 42.5 Å². The summed E-state index contributed by atoms with van der Waals surface area (Å²) < 4.78 is 0. The molecular formula is C20H29N. The lowest BCUT2D eigenvalue weighted by molar-refractivity contribution is 0.448. The summed E-state index contributed by atoms with van der Waals surface area (Å²) in [6.07, 6.45) is 5.04. The molecule has 0 heterocycles. The van der Waals surface area contributed by atoms with Crippen molar-refractivity contribution in [2.45, 2.75) is 52.5 Å². The Hall–Kier alpha value is -1.34. The van der Waals surface area contributed by atoms with Gasteiger partial charge in [0.1, 0.15) is 0 Å². The van der Waals surface area contributed by atoms with Crippen molar-refractivity contribution in [3.8, 4) is 0 Å². The van der Waals surface area contributed by atoms with E-state index in [9.17, 15) is 0 Å². The van der Waals surface area contributed by atoms with Crippen molar-refractivity contribution in [3.63, 3.8) is 0 Å². The zero-order chi connectivity index (χ0) is 15.1. The number of benzene rings is 2. The van der Waals surface area contributed by atoms with E-state index >= 15 is 0 Å². The molecule has 0 aromatic heterocycles. The quantitative estimate of drug-likeness (QED) is 0.654. The first-order valence-electron chi connectivity index (χ1n) is 8.42. The largest absolute Gasteiger partial charge is 0.310 e. The Balaban J connectivity index is 2.12. The first-order valence-corrected chi connectivity index (χ1v) is 8.42. The molecule has 21 heavy (non-hydrogen) atoms. The van der Waals surface area contributed by atoms with E-state index in [2.05, 4.69) is 68.6 Å². The molecule has 0 saturated carbocycles. The van der Waals surface area contributed by atoms with Crippen molar-refractivity contribution in [1.82, 2.24) is 5.32 Å². The van der Waals surface area contributed by atoms with Gasteiger partial charge in [-0.15, -0.1) is 0 Å². The average Bonchev–Trinajstić information content (AvgIpc) is 2.50. The number of fused-ring (bicyclic) bond motifs is 1. The van der Waals surface area contributed by atoms with E-state index in [0.29, 0.717) is 6.04 Å². The lowest BCUT2D eigenvalue weighted by Crippen LogP contribution is -2.22. The van der Waals surface area contributed by atoms with E-state index in [1.165, 1.54) is 42.0 Å². The van der Waals surface area contributed by atoms with E-state index in [0.717, 1.165) is 12.5 Å². The highest BCUT2D eigenvalue weighted by Crippen LogP contribution is 2.24. The molecule has 114 valence electrons. The first kappa shape index (κ1) is 16.0. The molecule has 1 N–H and O–H groups in total. The van der Waals surface area contributed by atoms with Gasteiger partial charge in [-0.3, -0.25) is 0 Å². The summed E-state index contributed by atoms with van der Waals surface area (Å²) in [5.41, 5.74) is 1.44. The molecule has 0 bridgehead atoms. The van der Waals surface area contributed by atoms with Crippen LogP contribution in [0.2, 0.25) is 0 Å². The average molecular weight is 283 g/mol. The third-order valence-electron chi connectivity index (χ3n) is 4.09. The van der Waals surface area contributed by atoms with Crippen LogP contribution in [0, 0.1) is 5.92 Å². The van der Waals surface area contributed by atoms with Crippen LogP contribution in [0.5, 0.6) is 0 Å². The molecule has 1 atom stereocenters. The Labute approximate surface area is 129 Å². The molecule has 2 rings (SSSR count). The summed E-state index contributed by atoms with van der Waals surface area (Å²) in [5.74, 6) is 0.799. The van der Waals surface area contributed by atoms with E-state index in [1.807, 2.05) is 0 Å². The van der Waals surface area contributed by atoms with Gasteiger partial charge in [-0.2, -0.15) is 0 Å². The standard InChI is InChI=1S/C20H29N/c1-4-14-21-20(11-7-8-16(2)3)19-13-12-17-9-5-6-10-18(17)15-19/h5-6,9-10,12-13,15-16,20-21H,4,7-8,11,14H2,1-3H3. The molecule has 1 heteroatoms. The fraction of sp³-hybridized carbons (Fsp3) is 0.500. The zero-order valence-corrected chi connectivity index (χ0v) is 13.7. The number of rotatable bonds is 8. The number of hydrogen-bond donors (Lipinski definition) is 1. The molecule has 0 spiro atoms. The lowest BCUT2D eigenvalue weighted by atomic mass is 9.96. The molecule has 1 unspecified atom stereocenters. The van der Waals surface area contributed by atoms with Crippen molar-refractivity contribution in [1.29, 1.82) is 0 Å². The molecule has 0 aliphatic rings. The van der Waals surface area contributed by atoms with E-state index in [1.54, 1.807) is 0 Å². The van der Waals surface area contributed by atoms with Crippen LogP contribution >= 0.6 is 0 Å². The summed E-state index contributed by atoms with van der Waals surface area (Å²) in [6.45, 7) is 7.95. The van der Waals surface area contributed by atoms with Gasteiger partial charge in [0.15, 0.2) is 0 Å². The van der Waals surface area contributed by atoms with Crippen molar-refractivity contribution in [3.05, 3.63) is 48.0 Å². The van der Waals surface area contributed by atoms with Crippen molar-refractivity contribution in [2.24, 2.45) is 5.92 Å². The normalized spacial score (nSPS) is 13.0. The highest BCUT2D eigenvalue weighted by molar-refractivity contribution is 5.83. The predicted octanol–water partition coefficient (Wildman–Crippen LogP) is 5.71. The third-order valence-corrected chi connectivity index (χ3v) is 4.09. The predicted molar refractivity (Wildman–Crippen MR) is 93.7 cm³/mol. The second-order valence-electron chi connectivity index (χ2n) is 6.44. The van der Waals surface area contributed by atoms with Crippen LogP contribution in [0.4, 0.5) is 0 Å². The molecule has 0 aliphatic heterocycles. The summed E-state index contributed by atoms with van der Waals surface area (Å²) in [5, 5.41) is 6.40. The van der Waals surface area contributed by atoms with E-state index < -0.39 is 0 Å². The molecule has 2 aromatic carbocycles. The fourth-order valence-corrected chi connectivity index (χ4v) is 2.86. The van der Waals surface area contributed by atoms with Crippen molar-refractivity contribution < 1.29 is 0 Å². The summed E-state index contributed by atoms with van der Waals surface area (Å²) in [4.78, 5) is 0. The van der Waals surface area contributed by atoms with Crippen LogP contribution in [0.3, 0.4) is 0 Å². The minimum Gasteiger partial charge on any atom is -0.310 e. The molecule has 1 nitrogen and oxygen atoms in total. The monoisotopic (exact) mass is 283 g/mol. The highest BCUT2D eigenvalue weighted by atomic mass is 14.9. The minimum atomic E-state index is 0.494. The second kappa shape index (κ2) is 8.19. The van der Waals surface area contributed by atoms with Crippen molar-refractivity contribution in [2.75, 3.05) is 6.54 Å². The Kier molecular flexibility index (Phi) is 6.25. The second-order valence-corrected chi connectivity index (χ2v) is 6.44. The Morgan fingerprint density at radius 2 is 1.71 bits per heavy atom. The van der Waals surface area contributed by atoms with Crippen LogP contribution in [-0.2, 0) is 0 Å². The smallest absolute Gasteiger partial charge is 0.0320 e. The van der Waals surface area contributed by atoms with Gasteiger partial charge in [-0.25, -0.2) is 0 Å². The van der Waals surface area contributed by atoms with Crippen LogP contribution in [0.25, 0.3) is 10.8 Å². The van der Waals surface area contributed by atoms with Crippen molar-refractivity contribution >= 4 is 10.8 Å². The van der Waals surface area contributed by atoms with Gasteiger partial charge in [0.2, 0.25) is 0 Å². The van der Waals surface area contributed by atoms with Crippen LogP contribution < -0.4 is 5.32 Å². The van der Waals surface area contributed by atoms with E-state index in [4.69, 9.17) is 0 Å². The highest BCUT2D eigenvalue weighted by Gasteiger charge is 2.11. The van der Waals surface area contributed by atoms with E-state index in [-0.39, 0.29) is 0 Å². The summed E-state index contributed by atoms with van der Waals surface area (Å²) in [7, 11) is 0. The number of nitrogens with one attached hydrogen (secondary N) is 1. The molecule has 0 radical (unpaired) electrons. The van der Waals surface area contributed by atoms with Gasteiger partial charge in [0, 0.05) is 6.04 Å². The summed E-state index contributed by atoms with van der Waals surface area (Å²) in [6, 6.07) is 16.0. The first-order chi connectivity index (χ1) is 10.2.